The number of hydrogen-bond donors (Lipinski definition) is 2. The van der Waals surface area contributed by atoms with Gasteiger partial charge in [-0.25, -0.2) is 13.1 Å². The van der Waals surface area contributed by atoms with Crippen LogP contribution < -0.4 is 10.0 Å². The van der Waals surface area contributed by atoms with Gasteiger partial charge < -0.3 is 5.32 Å². The van der Waals surface area contributed by atoms with Crippen molar-refractivity contribution >= 4 is 15.9 Å². The van der Waals surface area contributed by atoms with Gasteiger partial charge in [0.15, 0.2) is 0 Å². The maximum Gasteiger partial charge on any atom is 0.251 e. The van der Waals surface area contributed by atoms with Crippen molar-refractivity contribution in [1.82, 2.24) is 10.0 Å². The summed E-state index contributed by atoms with van der Waals surface area (Å²) in [6.45, 7) is 5.78. The van der Waals surface area contributed by atoms with Crippen LogP contribution in [0, 0.1) is 19.8 Å². The maximum absolute atomic E-state index is 12.7. The van der Waals surface area contributed by atoms with Gasteiger partial charge in [0.1, 0.15) is 0 Å². The Morgan fingerprint density at radius 2 is 1.96 bits per heavy atom. The van der Waals surface area contributed by atoms with E-state index in [1.54, 1.807) is 13.0 Å². The molecule has 1 aromatic carbocycles. The van der Waals surface area contributed by atoms with Crippen molar-refractivity contribution in [2.75, 3.05) is 7.05 Å². The fraction of sp³-hybridized carbons (Fsp3) is 0.632. The van der Waals surface area contributed by atoms with E-state index in [-0.39, 0.29) is 16.8 Å². The summed E-state index contributed by atoms with van der Waals surface area (Å²) in [6, 6.07) is 3.46. The van der Waals surface area contributed by atoms with Crippen LogP contribution in [0.25, 0.3) is 0 Å². The van der Waals surface area contributed by atoms with Crippen molar-refractivity contribution in [1.29, 1.82) is 0 Å². The Bertz CT molecular complexity index is 728. The molecule has 0 aromatic heterocycles. The quantitative estimate of drug-likeness (QED) is 0.777. The SMILES string of the molecule is CCCCC1CCCC1NC(=O)c1cc(C)c(C)c(S(=O)(=O)NC)c1. The first kappa shape index (κ1) is 19.9. The van der Waals surface area contributed by atoms with Gasteiger partial charge in [-0.2, -0.15) is 0 Å². The van der Waals surface area contributed by atoms with Gasteiger partial charge in [0.2, 0.25) is 10.0 Å². The van der Waals surface area contributed by atoms with Crippen LogP contribution in [0.15, 0.2) is 17.0 Å². The lowest BCUT2D eigenvalue weighted by Gasteiger charge is -2.21. The first-order valence-electron chi connectivity index (χ1n) is 9.15. The lowest BCUT2D eigenvalue weighted by atomic mass is 9.96. The molecule has 1 aliphatic rings. The molecule has 140 valence electrons. The Kier molecular flexibility index (Phi) is 6.63. The van der Waals surface area contributed by atoms with Crippen LogP contribution in [0.2, 0.25) is 0 Å². The van der Waals surface area contributed by atoms with Crippen LogP contribution in [-0.2, 0) is 10.0 Å². The number of nitrogens with one attached hydrogen (secondary N) is 2. The van der Waals surface area contributed by atoms with Crippen molar-refractivity contribution < 1.29 is 13.2 Å². The molecule has 0 radical (unpaired) electrons. The number of sulfonamides is 1. The molecule has 0 heterocycles. The summed E-state index contributed by atoms with van der Waals surface area (Å²) in [4.78, 5) is 12.9. The standard InChI is InChI=1S/C19H30N2O3S/c1-5-6-8-15-9-7-10-17(15)21-19(22)16-11-13(2)14(3)18(12-16)25(23,24)20-4/h11-12,15,17,20H,5-10H2,1-4H3,(H,21,22). The molecule has 0 spiro atoms. The molecule has 2 unspecified atom stereocenters. The van der Waals surface area contributed by atoms with E-state index in [2.05, 4.69) is 17.0 Å². The van der Waals surface area contributed by atoms with E-state index in [1.165, 1.54) is 26.0 Å². The zero-order valence-corrected chi connectivity index (χ0v) is 16.5. The minimum Gasteiger partial charge on any atom is -0.349 e. The molecule has 1 aliphatic carbocycles. The monoisotopic (exact) mass is 366 g/mol. The van der Waals surface area contributed by atoms with Crippen molar-refractivity contribution in [3.8, 4) is 0 Å². The molecule has 2 atom stereocenters. The second kappa shape index (κ2) is 8.32. The lowest BCUT2D eigenvalue weighted by molar-refractivity contribution is 0.0926. The molecular formula is C19H30N2O3S. The number of rotatable bonds is 7. The maximum atomic E-state index is 12.7. The van der Waals surface area contributed by atoms with Gasteiger partial charge in [0.25, 0.3) is 5.91 Å². The van der Waals surface area contributed by atoms with Crippen molar-refractivity contribution in [2.45, 2.75) is 70.2 Å². The zero-order chi connectivity index (χ0) is 18.6. The first-order chi connectivity index (χ1) is 11.8. The molecule has 25 heavy (non-hydrogen) atoms. The highest BCUT2D eigenvalue weighted by Crippen LogP contribution is 2.30. The number of amides is 1. The van der Waals surface area contributed by atoms with E-state index in [1.807, 2.05) is 6.92 Å². The molecule has 1 fully saturated rings. The summed E-state index contributed by atoms with van der Waals surface area (Å²) >= 11 is 0. The van der Waals surface area contributed by atoms with Crippen molar-refractivity contribution in [3.05, 3.63) is 28.8 Å². The van der Waals surface area contributed by atoms with Crippen LogP contribution in [0.3, 0.4) is 0 Å². The molecule has 5 nitrogen and oxygen atoms in total. The fourth-order valence-corrected chi connectivity index (χ4v) is 4.70. The molecule has 1 amide bonds. The molecule has 0 saturated heterocycles. The fourth-order valence-electron chi connectivity index (χ4n) is 3.64. The molecule has 0 bridgehead atoms. The molecule has 0 aliphatic heterocycles. The minimum atomic E-state index is -3.59. The Hall–Kier alpha value is -1.40. The third-order valence-corrected chi connectivity index (χ3v) is 6.88. The summed E-state index contributed by atoms with van der Waals surface area (Å²) in [6.07, 6.45) is 6.81. The van der Waals surface area contributed by atoms with Crippen LogP contribution in [0.5, 0.6) is 0 Å². The zero-order valence-electron chi connectivity index (χ0n) is 15.7. The summed E-state index contributed by atoms with van der Waals surface area (Å²) in [5.74, 6) is 0.361. The van der Waals surface area contributed by atoms with Crippen LogP contribution in [-0.4, -0.2) is 27.4 Å². The second-order valence-electron chi connectivity index (χ2n) is 7.04. The highest BCUT2D eigenvalue weighted by Gasteiger charge is 2.28. The van der Waals surface area contributed by atoms with Crippen LogP contribution >= 0.6 is 0 Å². The first-order valence-corrected chi connectivity index (χ1v) is 10.6. The number of benzene rings is 1. The summed E-state index contributed by atoms with van der Waals surface area (Å²) in [7, 11) is -2.20. The number of carbonyl (C=O) groups is 1. The Morgan fingerprint density at radius 1 is 1.24 bits per heavy atom. The van der Waals surface area contributed by atoms with Crippen molar-refractivity contribution in [3.63, 3.8) is 0 Å². The molecule has 6 heteroatoms. The van der Waals surface area contributed by atoms with Gasteiger partial charge in [-0.1, -0.05) is 26.2 Å². The van der Waals surface area contributed by atoms with Crippen molar-refractivity contribution in [2.24, 2.45) is 5.92 Å². The van der Waals surface area contributed by atoms with E-state index in [0.29, 0.717) is 17.0 Å². The number of unbranched alkanes of at least 4 members (excludes halogenated alkanes) is 1. The Labute approximate surface area is 151 Å². The van der Waals surface area contributed by atoms with Gasteiger partial charge in [0.05, 0.1) is 4.90 Å². The van der Waals surface area contributed by atoms with E-state index >= 15 is 0 Å². The van der Waals surface area contributed by atoms with Crippen LogP contribution in [0.4, 0.5) is 0 Å². The average Bonchev–Trinajstić information content (AvgIpc) is 3.01. The molecule has 2 rings (SSSR count). The minimum absolute atomic E-state index is 0.175. The van der Waals surface area contributed by atoms with Gasteiger partial charge >= 0.3 is 0 Å². The predicted molar refractivity (Wildman–Crippen MR) is 100 cm³/mol. The number of carbonyl (C=O) groups excluding carboxylic acids is 1. The number of hydrogen-bond acceptors (Lipinski definition) is 3. The molecule has 1 saturated carbocycles. The summed E-state index contributed by atoms with van der Waals surface area (Å²) < 4.78 is 26.8. The third kappa shape index (κ3) is 4.61. The largest absolute Gasteiger partial charge is 0.349 e. The summed E-state index contributed by atoms with van der Waals surface area (Å²) in [5, 5.41) is 3.14. The highest BCUT2D eigenvalue weighted by atomic mass is 32.2. The normalized spacial score (nSPS) is 20.6. The lowest BCUT2D eigenvalue weighted by Crippen LogP contribution is -2.37. The third-order valence-electron chi connectivity index (χ3n) is 5.34. The molecule has 2 N–H and O–H groups in total. The predicted octanol–water partition coefficient (Wildman–Crippen LogP) is 3.30. The second-order valence-corrected chi connectivity index (χ2v) is 8.89. The highest BCUT2D eigenvalue weighted by molar-refractivity contribution is 7.89. The van der Waals surface area contributed by atoms with E-state index in [9.17, 15) is 13.2 Å². The van der Waals surface area contributed by atoms with Gasteiger partial charge in [0, 0.05) is 11.6 Å². The molecule has 1 aromatic rings. The summed E-state index contributed by atoms with van der Waals surface area (Å²) in [5.41, 5.74) is 1.89. The molecular weight excluding hydrogens is 336 g/mol. The van der Waals surface area contributed by atoms with E-state index < -0.39 is 10.0 Å². The Morgan fingerprint density at radius 3 is 2.60 bits per heavy atom. The van der Waals surface area contributed by atoms with Gasteiger partial charge in [-0.15, -0.1) is 0 Å². The Balaban J connectivity index is 2.22. The number of aryl methyl sites for hydroxylation is 1. The van der Waals surface area contributed by atoms with E-state index in [0.717, 1.165) is 31.2 Å². The average molecular weight is 367 g/mol. The topological polar surface area (TPSA) is 75.3 Å². The van der Waals surface area contributed by atoms with Gasteiger partial charge in [-0.3, -0.25) is 4.79 Å². The van der Waals surface area contributed by atoms with E-state index in [4.69, 9.17) is 0 Å². The van der Waals surface area contributed by atoms with Crippen LogP contribution in [0.1, 0.15) is 66.9 Å². The van der Waals surface area contributed by atoms with Gasteiger partial charge in [-0.05, 0) is 69.3 Å². The smallest absolute Gasteiger partial charge is 0.251 e.